The van der Waals surface area contributed by atoms with Crippen molar-refractivity contribution >= 4 is 11.8 Å². The molecule has 1 aliphatic rings. The standard InChI is InChI=1S/C17H20FN5O2/c1-12-19-16(20-23(12)15-6-4-14(18)5-7-15)17(25)22-9-3-8-21(10-11-22)13(2)24/h4-7H,3,8-11H2,1-2H3. The third kappa shape index (κ3) is 3.67. The first-order chi connectivity index (χ1) is 12.0. The van der Waals surface area contributed by atoms with E-state index in [-0.39, 0.29) is 23.5 Å². The highest BCUT2D eigenvalue weighted by molar-refractivity contribution is 5.90. The molecule has 0 bridgehead atoms. The molecule has 8 heteroatoms. The zero-order valence-corrected chi connectivity index (χ0v) is 14.3. The Morgan fingerprint density at radius 2 is 1.68 bits per heavy atom. The fraction of sp³-hybridized carbons (Fsp3) is 0.412. The van der Waals surface area contributed by atoms with Gasteiger partial charge in [-0.25, -0.2) is 14.1 Å². The molecule has 0 aliphatic carbocycles. The van der Waals surface area contributed by atoms with Crippen molar-refractivity contribution < 1.29 is 14.0 Å². The minimum atomic E-state index is -0.336. The summed E-state index contributed by atoms with van der Waals surface area (Å²) in [6.07, 6.45) is 0.725. The number of rotatable bonds is 2. The molecule has 132 valence electrons. The normalized spacial score (nSPS) is 15.2. The molecule has 1 saturated heterocycles. The van der Waals surface area contributed by atoms with Crippen LogP contribution in [0.2, 0.25) is 0 Å². The molecule has 0 radical (unpaired) electrons. The number of carbonyl (C=O) groups is 2. The molecule has 1 aromatic carbocycles. The largest absolute Gasteiger partial charge is 0.341 e. The van der Waals surface area contributed by atoms with Gasteiger partial charge in [0.25, 0.3) is 5.91 Å². The van der Waals surface area contributed by atoms with E-state index in [0.29, 0.717) is 37.7 Å². The summed E-state index contributed by atoms with van der Waals surface area (Å²) < 4.78 is 14.6. The Bertz CT molecular complexity index is 787. The van der Waals surface area contributed by atoms with E-state index in [0.717, 1.165) is 6.42 Å². The van der Waals surface area contributed by atoms with E-state index in [4.69, 9.17) is 0 Å². The summed E-state index contributed by atoms with van der Waals surface area (Å²) in [5.41, 5.74) is 0.643. The number of amides is 2. The smallest absolute Gasteiger partial charge is 0.293 e. The molecule has 0 N–H and O–H groups in total. The van der Waals surface area contributed by atoms with E-state index in [1.807, 2.05) is 0 Å². The molecule has 2 aromatic rings. The third-order valence-electron chi connectivity index (χ3n) is 4.26. The molecular formula is C17H20FN5O2. The second-order valence-corrected chi connectivity index (χ2v) is 6.02. The fourth-order valence-corrected chi connectivity index (χ4v) is 2.88. The number of aromatic nitrogens is 3. The second-order valence-electron chi connectivity index (χ2n) is 6.02. The number of halogens is 1. The van der Waals surface area contributed by atoms with Crippen molar-refractivity contribution in [3.8, 4) is 5.69 Å². The van der Waals surface area contributed by atoms with Gasteiger partial charge in [0.05, 0.1) is 5.69 Å². The first-order valence-corrected chi connectivity index (χ1v) is 8.20. The molecular weight excluding hydrogens is 325 g/mol. The number of aryl methyl sites for hydroxylation is 1. The van der Waals surface area contributed by atoms with E-state index in [1.165, 1.54) is 23.7 Å². The number of hydrogen-bond acceptors (Lipinski definition) is 4. The highest BCUT2D eigenvalue weighted by atomic mass is 19.1. The third-order valence-corrected chi connectivity index (χ3v) is 4.26. The lowest BCUT2D eigenvalue weighted by Gasteiger charge is -2.20. The van der Waals surface area contributed by atoms with Crippen molar-refractivity contribution in [3.05, 3.63) is 41.7 Å². The van der Waals surface area contributed by atoms with Crippen molar-refractivity contribution in [2.24, 2.45) is 0 Å². The quantitative estimate of drug-likeness (QED) is 0.825. The van der Waals surface area contributed by atoms with Gasteiger partial charge in [-0.3, -0.25) is 9.59 Å². The lowest BCUT2D eigenvalue weighted by Crippen LogP contribution is -2.37. The van der Waals surface area contributed by atoms with E-state index < -0.39 is 0 Å². The van der Waals surface area contributed by atoms with Crippen molar-refractivity contribution in [2.45, 2.75) is 20.3 Å². The topological polar surface area (TPSA) is 71.3 Å². The van der Waals surface area contributed by atoms with Gasteiger partial charge in [-0.1, -0.05) is 0 Å². The average molecular weight is 345 g/mol. The summed E-state index contributed by atoms with van der Waals surface area (Å²) in [5, 5.41) is 4.28. The molecule has 1 aromatic heterocycles. The van der Waals surface area contributed by atoms with Crippen LogP contribution >= 0.6 is 0 Å². The van der Waals surface area contributed by atoms with Crippen LogP contribution in [-0.2, 0) is 4.79 Å². The predicted octanol–water partition coefficient (Wildman–Crippen LogP) is 1.41. The van der Waals surface area contributed by atoms with Gasteiger partial charge < -0.3 is 9.80 Å². The predicted molar refractivity (Wildman–Crippen MR) is 88.8 cm³/mol. The summed E-state index contributed by atoms with van der Waals surface area (Å²) in [6, 6.07) is 5.84. The Morgan fingerprint density at radius 3 is 2.36 bits per heavy atom. The maximum absolute atomic E-state index is 13.1. The molecule has 2 amide bonds. The Balaban J connectivity index is 1.78. The van der Waals surface area contributed by atoms with Gasteiger partial charge in [-0.05, 0) is 37.6 Å². The van der Waals surface area contributed by atoms with Crippen LogP contribution in [0.15, 0.2) is 24.3 Å². The number of carbonyl (C=O) groups excluding carboxylic acids is 2. The number of hydrogen-bond donors (Lipinski definition) is 0. The van der Waals surface area contributed by atoms with Crippen LogP contribution in [0.1, 0.15) is 29.8 Å². The van der Waals surface area contributed by atoms with Crippen molar-refractivity contribution in [1.29, 1.82) is 0 Å². The number of benzene rings is 1. The van der Waals surface area contributed by atoms with E-state index in [9.17, 15) is 14.0 Å². The minimum Gasteiger partial charge on any atom is -0.341 e. The van der Waals surface area contributed by atoms with E-state index in [2.05, 4.69) is 10.1 Å². The van der Waals surface area contributed by atoms with Crippen LogP contribution in [0.25, 0.3) is 5.69 Å². The van der Waals surface area contributed by atoms with Gasteiger partial charge in [-0.15, -0.1) is 5.10 Å². The molecule has 0 atom stereocenters. The van der Waals surface area contributed by atoms with Crippen LogP contribution in [0, 0.1) is 12.7 Å². The molecule has 0 spiro atoms. The minimum absolute atomic E-state index is 0.0175. The second kappa shape index (κ2) is 7.00. The zero-order valence-electron chi connectivity index (χ0n) is 14.3. The first-order valence-electron chi connectivity index (χ1n) is 8.20. The van der Waals surface area contributed by atoms with Gasteiger partial charge >= 0.3 is 0 Å². The lowest BCUT2D eigenvalue weighted by molar-refractivity contribution is -0.128. The molecule has 1 aliphatic heterocycles. The highest BCUT2D eigenvalue weighted by Crippen LogP contribution is 2.13. The summed E-state index contributed by atoms with van der Waals surface area (Å²) >= 11 is 0. The van der Waals surface area contributed by atoms with Crippen molar-refractivity contribution in [3.63, 3.8) is 0 Å². The van der Waals surface area contributed by atoms with Crippen molar-refractivity contribution in [2.75, 3.05) is 26.2 Å². The van der Waals surface area contributed by atoms with Gasteiger partial charge in [0, 0.05) is 33.1 Å². The van der Waals surface area contributed by atoms with Crippen LogP contribution in [-0.4, -0.2) is 62.6 Å². The SMILES string of the molecule is CC(=O)N1CCCN(C(=O)c2nc(C)n(-c3ccc(F)cc3)n2)CC1. The Morgan fingerprint density at radius 1 is 1.04 bits per heavy atom. The van der Waals surface area contributed by atoms with Crippen LogP contribution in [0.4, 0.5) is 4.39 Å². The molecule has 25 heavy (non-hydrogen) atoms. The Labute approximate surface area is 145 Å². The van der Waals surface area contributed by atoms with Gasteiger partial charge in [-0.2, -0.15) is 0 Å². The molecule has 1 fully saturated rings. The van der Waals surface area contributed by atoms with E-state index >= 15 is 0 Å². The Kier molecular flexibility index (Phi) is 4.78. The van der Waals surface area contributed by atoms with Crippen LogP contribution < -0.4 is 0 Å². The Hall–Kier alpha value is -2.77. The first kappa shape index (κ1) is 17.1. The highest BCUT2D eigenvalue weighted by Gasteiger charge is 2.24. The average Bonchev–Trinajstić information content (AvgIpc) is 2.82. The summed E-state index contributed by atoms with van der Waals surface area (Å²) in [5.74, 6) is 0.0869. The molecule has 3 rings (SSSR count). The van der Waals surface area contributed by atoms with Crippen LogP contribution in [0.3, 0.4) is 0 Å². The summed E-state index contributed by atoms with van der Waals surface area (Å²) in [7, 11) is 0. The van der Waals surface area contributed by atoms with Crippen LogP contribution in [0.5, 0.6) is 0 Å². The molecule has 0 saturated carbocycles. The number of nitrogens with zero attached hydrogens (tertiary/aromatic N) is 5. The monoisotopic (exact) mass is 345 g/mol. The molecule has 7 nitrogen and oxygen atoms in total. The van der Waals surface area contributed by atoms with Crippen molar-refractivity contribution in [1.82, 2.24) is 24.6 Å². The summed E-state index contributed by atoms with van der Waals surface area (Å²) in [6.45, 7) is 5.46. The lowest BCUT2D eigenvalue weighted by atomic mass is 10.3. The maximum atomic E-state index is 13.1. The molecule has 0 unspecified atom stereocenters. The van der Waals surface area contributed by atoms with Gasteiger partial charge in [0.2, 0.25) is 11.7 Å². The fourth-order valence-electron chi connectivity index (χ4n) is 2.88. The van der Waals surface area contributed by atoms with Gasteiger partial charge in [0.15, 0.2) is 0 Å². The van der Waals surface area contributed by atoms with E-state index in [1.54, 1.807) is 28.9 Å². The zero-order chi connectivity index (χ0) is 18.0. The molecule has 2 heterocycles. The summed E-state index contributed by atoms with van der Waals surface area (Å²) in [4.78, 5) is 31.9. The van der Waals surface area contributed by atoms with Gasteiger partial charge in [0.1, 0.15) is 11.6 Å². The maximum Gasteiger partial charge on any atom is 0.293 e.